The first-order chi connectivity index (χ1) is 14.3. The molecule has 0 atom stereocenters. The minimum atomic E-state index is -3.53. The van der Waals surface area contributed by atoms with Crippen LogP contribution in [-0.4, -0.2) is 37.7 Å². The van der Waals surface area contributed by atoms with Crippen molar-refractivity contribution in [2.24, 2.45) is 0 Å². The van der Waals surface area contributed by atoms with Gasteiger partial charge in [0.25, 0.3) is 5.91 Å². The van der Waals surface area contributed by atoms with Gasteiger partial charge < -0.3 is 0 Å². The largest absolute Gasteiger partial charge is 0.298 e. The van der Waals surface area contributed by atoms with Gasteiger partial charge in [-0.05, 0) is 41.1 Å². The van der Waals surface area contributed by atoms with Gasteiger partial charge in [0.15, 0.2) is 5.13 Å². The summed E-state index contributed by atoms with van der Waals surface area (Å²) in [7, 11) is -0.602. The van der Waals surface area contributed by atoms with Crippen LogP contribution < -0.4 is 5.32 Å². The molecule has 0 spiro atoms. The molecular formula is C22H19N3O3S2. The van der Waals surface area contributed by atoms with E-state index in [0.717, 1.165) is 26.3 Å². The highest BCUT2D eigenvalue weighted by Crippen LogP contribution is 2.28. The monoisotopic (exact) mass is 437 g/mol. The number of hydrogen-bond acceptors (Lipinski definition) is 5. The SMILES string of the molecule is CN(C)S(=O)(=O)c1ccc(C(=O)Nc2nc(-c3ccc4ccccc4c3)cs2)cc1. The lowest BCUT2D eigenvalue weighted by Gasteiger charge is -2.11. The lowest BCUT2D eigenvalue weighted by atomic mass is 10.1. The molecule has 0 saturated heterocycles. The maximum absolute atomic E-state index is 12.5. The molecule has 3 aromatic carbocycles. The molecule has 0 aliphatic carbocycles. The molecule has 0 saturated carbocycles. The molecule has 152 valence electrons. The van der Waals surface area contributed by atoms with Gasteiger partial charge in [-0.15, -0.1) is 11.3 Å². The summed E-state index contributed by atoms with van der Waals surface area (Å²) in [6, 6.07) is 20.1. The van der Waals surface area contributed by atoms with E-state index in [-0.39, 0.29) is 10.8 Å². The lowest BCUT2D eigenvalue weighted by Crippen LogP contribution is -2.22. The normalized spacial score (nSPS) is 11.7. The Labute approximate surface area is 178 Å². The Hall–Kier alpha value is -3.07. The molecule has 1 aromatic heterocycles. The van der Waals surface area contributed by atoms with Crippen molar-refractivity contribution >= 4 is 43.2 Å². The van der Waals surface area contributed by atoms with E-state index in [9.17, 15) is 13.2 Å². The third-order valence-corrected chi connectivity index (χ3v) is 7.25. The van der Waals surface area contributed by atoms with Gasteiger partial charge in [-0.3, -0.25) is 10.1 Å². The number of anilines is 1. The molecule has 1 N–H and O–H groups in total. The lowest BCUT2D eigenvalue weighted by molar-refractivity contribution is 0.102. The Balaban J connectivity index is 1.51. The first-order valence-corrected chi connectivity index (χ1v) is 11.5. The second-order valence-electron chi connectivity index (χ2n) is 6.87. The topological polar surface area (TPSA) is 79.4 Å². The van der Waals surface area contributed by atoms with E-state index in [0.29, 0.717) is 10.7 Å². The Morgan fingerprint density at radius 1 is 0.967 bits per heavy atom. The Kier molecular flexibility index (Phi) is 5.38. The summed E-state index contributed by atoms with van der Waals surface area (Å²) in [5.41, 5.74) is 2.12. The molecule has 1 heterocycles. The van der Waals surface area contributed by atoms with Crippen LogP contribution in [0.5, 0.6) is 0 Å². The molecule has 6 nitrogen and oxygen atoms in total. The Morgan fingerprint density at radius 3 is 2.37 bits per heavy atom. The van der Waals surface area contributed by atoms with E-state index < -0.39 is 10.0 Å². The van der Waals surface area contributed by atoms with Gasteiger partial charge in [0, 0.05) is 30.6 Å². The molecule has 0 bridgehead atoms. The summed E-state index contributed by atoms with van der Waals surface area (Å²) >= 11 is 1.34. The van der Waals surface area contributed by atoms with Gasteiger partial charge in [-0.2, -0.15) is 0 Å². The number of thiazole rings is 1. The third-order valence-electron chi connectivity index (χ3n) is 4.66. The number of fused-ring (bicyclic) bond motifs is 1. The zero-order valence-electron chi connectivity index (χ0n) is 16.4. The quantitative estimate of drug-likeness (QED) is 0.500. The predicted octanol–water partition coefficient (Wildman–Crippen LogP) is 4.47. The van der Waals surface area contributed by atoms with Crippen LogP contribution in [0.1, 0.15) is 10.4 Å². The van der Waals surface area contributed by atoms with Gasteiger partial charge in [-0.25, -0.2) is 17.7 Å². The molecular weight excluding hydrogens is 418 g/mol. The maximum Gasteiger partial charge on any atom is 0.257 e. The predicted molar refractivity (Wildman–Crippen MR) is 120 cm³/mol. The number of hydrogen-bond donors (Lipinski definition) is 1. The van der Waals surface area contributed by atoms with Crippen LogP contribution in [0, 0.1) is 0 Å². The molecule has 0 aliphatic rings. The van der Waals surface area contributed by atoms with Crippen LogP contribution >= 0.6 is 11.3 Å². The van der Waals surface area contributed by atoms with Crippen LogP contribution in [0.2, 0.25) is 0 Å². The van der Waals surface area contributed by atoms with Crippen LogP contribution in [-0.2, 0) is 10.0 Å². The first-order valence-electron chi connectivity index (χ1n) is 9.13. The van der Waals surface area contributed by atoms with Crippen LogP contribution in [0.25, 0.3) is 22.0 Å². The van der Waals surface area contributed by atoms with E-state index in [2.05, 4.69) is 22.4 Å². The van der Waals surface area contributed by atoms with Crippen molar-refractivity contribution in [2.75, 3.05) is 19.4 Å². The standard InChI is InChI=1S/C22H19N3O3S2/c1-25(2)30(27,28)19-11-9-16(10-12-19)21(26)24-22-23-20(14-29-22)18-8-7-15-5-3-4-6-17(15)13-18/h3-14H,1-2H3,(H,23,24,26). The van der Waals surface area contributed by atoms with Crippen molar-refractivity contribution in [1.82, 2.24) is 9.29 Å². The fourth-order valence-electron chi connectivity index (χ4n) is 2.97. The summed E-state index contributed by atoms with van der Waals surface area (Å²) in [4.78, 5) is 17.2. The summed E-state index contributed by atoms with van der Waals surface area (Å²) < 4.78 is 25.4. The summed E-state index contributed by atoms with van der Waals surface area (Å²) in [5.74, 6) is -0.344. The van der Waals surface area contributed by atoms with Crippen LogP contribution in [0.4, 0.5) is 5.13 Å². The zero-order chi connectivity index (χ0) is 21.3. The van der Waals surface area contributed by atoms with Crippen molar-refractivity contribution in [2.45, 2.75) is 4.90 Å². The van der Waals surface area contributed by atoms with Crippen molar-refractivity contribution in [3.05, 3.63) is 77.7 Å². The van der Waals surface area contributed by atoms with Crippen molar-refractivity contribution in [1.29, 1.82) is 0 Å². The Bertz CT molecular complexity index is 1330. The number of carbonyl (C=O) groups is 1. The van der Waals surface area contributed by atoms with Crippen molar-refractivity contribution in [3.63, 3.8) is 0 Å². The third kappa shape index (κ3) is 3.97. The van der Waals surface area contributed by atoms with E-state index in [1.54, 1.807) is 0 Å². The second-order valence-corrected chi connectivity index (χ2v) is 9.88. The summed E-state index contributed by atoms with van der Waals surface area (Å²) in [5, 5.41) is 7.43. The first kappa shape index (κ1) is 20.2. The number of carbonyl (C=O) groups excluding carboxylic acids is 1. The van der Waals surface area contributed by atoms with E-state index in [4.69, 9.17) is 0 Å². The van der Waals surface area contributed by atoms with Gasteiger partial charge in [0.2, 0.25) is 10.0 Å². The fraction of sp³-hybridized carbons (Fsp3) is 0.0909. The van der Waals surface area contributed by atoms with E-state index >= 15 is 0 Å². The number of amides is 1. The van der Waals surface area contributed by atoms with Crippen molar-refractivity contribution in [3.8, 4) is 11.3 Å². The molecule has 4 aromatic rings. The highest BCUT2D eigenvalue weighted by atomic mass is 32.2. The number of aromatic nitrogens is 1. The van der Waals surface area contributed by atoms with Gasteiger partial charge >= 0.3 is 0 Å². The van der Waals surface area contributed by atoms with Gasteiger partial charge in [-0.1, -0.05) is 36.4 Å². The Morgan fingerprint density at radius 2 is 1.67 bits per heavy atom. The molecule has 8 heteroatoms. The maximum atomic E-state index is 12.5. The second kappa shape index (κ2) is 7.98. The average molecular weight is 438 g/mol. The summed E-state index contributed by atoms with van der Waals surface area (Å²) in [6.07, 6.45) is 0. The average Bonchev–Trinajstić information content (AvgIpc) is 3.21. The molecule has 0 aliphatic heterocycles. The minimum absolute atomic E-state index is 0.136. The van der Waals surface area contributed by atoms with E-state index in [1.807, 2.05) is 35.7 Å². The molecule has 1 amide bonds. The van der Waals surface area contributed by atoms with Gasteiger partial charge in [0.05, 0.1) is 10.6 Å². The molecule has 0 radical (unpaired) electrons. The highest BCUT2D eigenvalue weighted by molar-refractivity contribution is 7.89. The van der Waals surface area contributed by atoms with E-state index in [1.165, 1.54) is 49.7 Å². The summed E-state index contributed by atoms with van der Waals surface area (Å²) in [6.45, 7) is 0. The molecule has 30 heavy (non-hydrogen) atoms. The van der Waals surface area contributed by atoms with Crippen LogP contribution in [0.15, 0.2) is 77.0 Å². The number of rotatable bonds is 5. The van der Waals surface area contributed by atoms with Crippen LogP contribution in [0.3, 0.4) is 0 Å². The number of benzene rings is 3. The smallest absolute Gasteiger partial charge is 0.257 e. The zero-order valence-corrected chi connectivity index (χ0v) is 18.0. The minimum Gasteiger partial charge on any atom is -0.298 e. The fourth-order valence-corrected chi connectivity index (χ4v) is 4.59. The number of sulfonamides is 1. The number of nitrogens with one attached hydrogen (secondary N) is 1. The molecule has 0 unspecified atom stereocenters. The molecule has 4 rings (SSSR count). The van der Waals surface area contributed by atoms with Crippen molar-refractivity contribution < 1.29 is 13.2 Å². The van der Waals surface area contributed by atoms with Gasteiger partial charge in [0.1, 0.15) is 0 Å². The highest BCUT2D eigenvalue weighted by Gasteiger charge is 2.18. The number of nitrogens with zero attached hydrogens (tertiary/aromatic N) is 2. The molecule has 0 fully saturated rings.